The van der Waals surface area contributed by atoms with Crippen LogP contribution in [0.4, 0.5) is 17.6 Å². The highest BCUT2D eigenvalue weighted by Crippen LogP contribution is 2.32. The monoisotopic (exact) mass is 689 g/mol. The predicted molar refractivity (Wildman–Crippen MR) is 159 cm³/mol. The first-order valence-electron chi connectivity index (χ1n) is 13.7. The highest BCUT2D eigenvalue weighted by atomic mass is 79.9. The van der Waals surface area contributed by atoms with Crippen molar-refractivity contribution < 1.29 is 36.6 Å². The third-order valence-electron chi connectivity index (χ3n) is 7.18. The Labute approximate surface area is 261 Å². The van der Waals surface area contributed by atoms with Crippen molar-refractivity contribution in [3.63, 3.8) is 0 Å². The molecule has 0 saturated carbocycles. The highest BCUT2D eigenvalue weighted by Gasteiger charge is 2.25. The number of esters is 1. The molecule has 0 aliphatic carbocycles. The Morgan fingerprint density at radius 1 is 1.09 bits per heavy atom. The van der Waals surface area contributed by atoms with Gasteiger partial charge in [0, 0.05) is 18.6 Å². The Morgan fingerprint density at radius 2 is 1.91 bits per heavy atom. The third-order valence-corrected chi connectivity index (χ3v) is 8.63. The largest absolute Gasteiger partial charge is 0.483 e. The Balaban J connectivity index is 1.31. The van der Waals surface area contributed by atoms with Crippen LogP contribution in [0.3, 0.4) is 0 Å². The van der Waals surface area contributed by atoms with Crippen LogP contribution in [0.2, 0.25) is 0 Å². The number of ether oxygens (including phenoxy) is 3. The predicted octanol–water partition coefficient (Wildman–Crippen LogP) is 7.61. The Kier molecular flexibility index (Phi) is 8.70. The van der Waals surface area contributed by atoms with Crippen LogP contribution in [0.5, 0.6) is 5.75 Å². The maximum atomic E-state index is 15.5. The summed E-state index contributed by atoms with van der Waals surface area (Å²) in [6.45, 7) is 2.64. The fourth-order valence-electron chi connectivity index (χ4n) is 4.92. The van der Waals surface area contributed by atoms with Crippen molar-refractivity contribution >= 4 is 44.3 Å². The molecule has 7 nitrogen and oxygen atoms in total. The van der Waals surface area contributed by atoms with Gasteiger partial charge >= 0.3 is 5.97 Å². The van der Waals surface area contributed by atoms with Gasteiger partial charge in [-0.3, -0.25) is 0 Å². The second kappa shape index (κ2) is 12.7. The molecule has 0 N–H and O–H groups in total. The second-order valence-electron chi connectivity index (χ2n) is 10.1. The van der Waals surface area contributed by atoms with Crippen LogP contribution >= 0.6 is 27.3 Å². The molecule has 3 heterocycles. The second-order valence-corrected chi connectivity index (χ2v) is 12.6. The zero-order valence-electron chi connectivity index (χ0n) is 23.2. The fourth-order valence-corrected chi connectivity index (χ4v) is 6.14. The zero-order chi connectivity index (χ0) is 31.0. The van der Waals surface area contributed by atoms with E-state index in [1.807, 2.05) is 0 Å². The van der Waals surface area contributed by atoms with Gasteiger partial charge in [0.05, 0.1) is 40.3 Å². The number of rotatable bonds is 10. The van der Waals surface area contributed by atoms with E-state index in [1.54, 1.807) is 17.7 Å². The standard InChI is InChI=1S/C31H24BrF4N3O4S/c1-2-41-31(40)18-8-24(36)30-25(9-18)39(14-19-5-6-42-19)28(38-30)11-17-7-23(35)20(12-22(17)34)16-3-4-21(33)26(10-16)43-15-29-37-13-27(32)44-29/h3-4,7-10,12-13,19H,2,5-6,11,14-15H2,1H3/t19-/m0/s1. The molecule has 1 atom stereocenters. The molecule has 1 aliphatic rings. The maximum Gasteiger partial charge on any atom is 0.338 e. The van der Waals surface area contributed by atoms with Crippen molar-refractivity contribution in [1.29, 1.82) is 0 Å². The molecule has 0 amide bonds. The molecule has 5 aromatic rings. The molecule has 0 radical (unpaired) electrons. The summed E-state index contributed by atoms with van der Waals surface area (Å²) < 4.78 is 79.2. The smallest absolute Gasteiger partial charge is 0.338 e. The van der Waals surface area contributed by atoms with E-state index in [0.29, 0.717) is 17.1 Å². The van der Waals surface area contributed by atoms with Crippen molar-refractivity contribution in [1.82, 2.24) is 14.5 Å². The van der Waals surface area contributed by atoms with Crippen LogP contribution in [-0.4, -0.2) is 39.8 Å². The number of nitrogens with zero attached hydrogens (tertiary/aromatic N) is 3. The molecule has 13 heteroatoms. The Morgan fingerprint density at radius 3 is 2.61 bits per heavy atom. The lowest BCUT2D eigenvalue weighted by atomic mass is 10.0. The lowest BCUT2D eigenvalue weighted by molar-refractivity contribution is -0.0589. The molecule has 1 saturated heterocycles. The first-order chi connectivity index (χ1) is 21.2. The summed E-state index contributed by atoms with van der Waals surface area (Å²) in [5.41, 5.74) is 0.440. The number of carbonyl (C=O) groups excluding carboxylic acids is 1. The van der Waals surface area contributed by atoms with Gasteiger partial charge < -0.3 is 18.8 Å². The third kappa shape index (κ3) is 6.21. The van der Waals surface area contributed by atoms with E-state index in [1.165, 1.54) is 29.5 Å². The minimum atomic E-state index is -0.747. The lowest BCUT2D eigenvalue weighted by Crippen LogP contribution is -2.31. The minimum Gasteiger partial charge on any atom is -0.483 e. The number of aromatic nitrogens is 3. The Hall–Kier alpha value is -3.81. The normalized spacial score (nSPS) is 14.5. The summed E-state index contributed by atoms with van der Waals surface area (Å²) in [4.78, 5) is 20.9. The summed E-state index contributed by atoms with van der Waals surface area (Å²) in [5, 5.41) is 0.607. The van der Waals surface area contributed by atoms with Gasteiger partial charge in [-0.15, -0.1) is 11.3 Å². The molecule has 1 aliphatic heterocycles. The van der Waals surface area contributed by atoms with Gasteiger partial charge in [0.2, 0.25) is 0 Å². The molecular formula is C31H24BrF4N3O4S. The number of thiazole rings is 1. The molecular weight excluding hydrogens is 666 g/mol. The molecule has 228 valence electrons. The molecule has 0 bridgehead atoms. The molecule has 44 heavy (non-hydrogen) atoms. The fraction of sp³-hybridized carbons (Fsp3) is 0.258. The van der Waals surface area contributed by atoms with Crippen molar-refractivity contribution in [2.75, 3.05) is 13.2 Å². The lowest BCUT2D eigenvalue weighted by Gasteiger charge is -2.27. The highest BCUT2D eigenvalue weighted by molar-refractivity contribution is 9.11. The van der Waals surface area contributed by atoms with Crippen LogP contribution in [-0.2, 0) is 29.0 Å². The maximum absolute atomic E-state index is 15.5. The number of hydrogen-bond donors (Lipinski definition) is 0. The van der Waals surface area contributed by atoms with E-state index in [9.17, 15) is 9.18 Å². The van der Waals surface area contributed by atoms with Gasteiger partial charge in [-0.2, -0.15) is 0 Å². The van der Waals surface area contributed by atoms with E-state index in [0.717, 1.165) is 34.5 Å². The molecule has 6 rings (SSSR count). The zero-order valence-corrected chi connectivity index (χ0v) is 25.6. The van der Waals surface area contributed by atoms with Crippen molar-refractivity contribution in [2.45, 2.75) is 39.0 Å². The van der Waals surface area contributed by atoms with Crippen LogP contribution in [0.25, 0.3) is 22.2 Å². The summed E-state index contributed by atoms with van der Waals surface area (Å²) in [7, 11) is 0. The average molecular weight is 691 g/mol. The number of imidazole rings is 1. The first kappa shape index (κ1) is 30.2. The molecule has 1 fully saturated rings. The van der Waals surface area contributed by atoms with Crippen LogP contribution in [0.1, 0.15) is 40.1 Å². The topological polar surface area (TPSA) is 75.5 Å². The van der Waals surface area contributed by atoms with E-state index >= 15 is 13.2 Å². The van der Waals surface area contributed by atoms with Crippen molar-refractivity contribution in [3.05, 3.63) is 97.7 Å². The van der Waals surface area contributed by atoms with Crippen LogP contribution in [0.15, 0.2) is 52.4 Å². The minimum absolute atomic E-state index is 0.00119. The van der Waals surface area contributed by atoms with Gasteiger partial charge in [-0.1, -0.05) is 6.07 Å². The van der Waals surface area contributed by atoms with E-state index < -0.39 is 29.2 Å². The molecule has 0 spiro atoms. The van der Waals surface area contributed by atoms with Crippen molar-refractivity contribution in [2.24, 2.45) is 0 Å². The Bertz CT molecular complexity index is 1870. The van der Waals surface area contributed by atoms with Gasteiger partial charge in [0.15, 0.2) is 17.4 Å². The summed E-state index contributed by atoms with van der Waals surface area (Å²) in [6, 6.07) is 8.36. The number of fused-ring (bicyclic) bond motifs is 1. The summed E-state index contributed by atoms with van der Waals surface area (Å²) >= 11 is 4.63. The van der Waals surface area contributed by atoms with Gasteiger partial charge in [-0.05, 0) is 76.8 Å². The quantitative estimate of drug-likeness (QED) is 0.111. The van der Waals surface area contributed by atoms with Gasteiger partial charge in [0.25, 0.3) is 0 Å². The van der Waals surface area contributed by atoms with Crippen molar-refractivity contribution in [3.8, 4) is 16.9 Å². The van der Waals surface area contributed by atoms with E-state index in [2.05, 4.69) is 25.9 Å². The molecule has 3 aromatic carbocycles. The number of carbonyl (C=O) groups is 1. The SMILES string of the molecule is CCOC(=O)c1cc(F)c2nc(Cc3cc(F)c(-c4ccc(F)c(OCc5ncc(Br)s5)c4)cc3F)n(C[C@@H]3CCO3)c2c1. The first-order valence-corrected chi connectivity index (χ1v) is 15.3. The van der Waals surface area contributed by atoms with Crippen LogP contribution < -0.4 is 4.74 Å². The number of benzene rings is 3. The van der Waals surface area contributed by atoms with Gasteiger partial charge in [0.1, 0.15) is 34.6 Å². The molecule has 2 aromatic heterocycles. The summed E-state index contributed by atoms with van der Waals surface area (Å²) in [6.07, 6.45) is 2.03. The number of halogens is 5. The van der Waals surface area contributed by atoms with E-state index in [4.69, 9.17) is 14.2 Å². The average Bonchev–Trinajstić information content (AvgIpc) is 3.55. The van der Waals surface area contributed by atoms with E-state index in [-0.39, 0.29) is 71.6 Å². The van der Waals surface area contributed by atoms with Gasteiger partial charge in [-0.25, -0.2) is 32.3 Å². The van der Waals surface area contributed by atoms with Crippen LogP contribution in [0, 0.1) is 23.3 Å². The summed E-state index contributed by atoms with van der Waals surface area (Å²) in [5.74, 6) is -3.41. The number of hydrogen-bond acceptors (Lipinski definition) is 7. The molecule has 0 unspecified atom stereocenters.